The SMILES string of the molecule is CC(C)=C/C=C1/C=CC=CC1=N. The summed E-state index contributed by atoms with van der Waals surface area (Å²) in [4.78, 5) is 0. The lowest BCUT2D eigenvalue weighted by Crippen LogP contribution is -1.96. The van der Waals surface area contributed by atoms with Crippen LogP contribution >= 0.6 is 0 Å². The summed E-state index contributed by atoms with van der Waals surface area (Å²) in [6.45, 7) is 4.09. The fraction of sp³-hybridized carbons (Fsp3) is 0.182. The number of rotatable bonds is 1. The highest BCUT2D eigenvalue weighted by Gasteiger charge is 1.98. The molecule has 0 saturated heterocycles. The van der Waals surface area contributed by atoms with Crippen LogP contribution in [-0.2, 0) is 0 Å². The topological polar surface area (TPSA) is 23.9 Å². The van der Waals surface area contributed by atoms with Crippen LogP contribution in [0.25, 0.3) is 0 Å². The van der Waals surface area contributed by atoms with E-state index in [2.05, 4.69) is 0 Å². The third-order valence-electron chi connectivity index (χ3n) is 1.56. The molecule has 1 aliphatic carbocycles. The molecule has 1 heteroatoms. The Bertz CT molecular complexity index is 297. The van der Waals surface area contributed by atoms with Gasteiger partial charge < -0.3 is 5.41 Å². The summed E-state index contributed by atoms with van der Waals surface area (Å²) in [6.07, 6.45) is 11.6. The summed E-state index contributed by atoms with van der Waals surface area (Å²) in [5.74, 6) is 0. The Morgan fingerprint density at radius 1 is 1.25 bits per heavy atom. The number of hydrogen-bond donors (Lipinski definition) is 1. The van der Waals surface area contributed by atoms with Crippen molar-refractivity contribution in [3.63, 3.8) is 0 Å². The van der Waals surface area contributed by atoms with Crippen LogP contribution in [0.4, 0.5) is 0 Å². The number of hydrogen-bond acceptors (Lipinski definition) is 1. The molecule has 1 N–H and O–H groups in total. The maximum Gasteiger partial charge on any atom is 0.0612 e. The lowest BCUT2D eigenvalue weighted by atomic mass is 10.0. The minimum Gasteiger partial charge on any atom is -0.300 e. The molecular formula is C11H13N. The lowest BCUT2D eigenvalue weighted by molar-refractivity contribution is 1.39. The van der Waals surface area contributed by atoms with Crippen molar-refractivity contribution in [2.45, 2.75) is 13.8 Å². The van der Waals surface area contributed by atoms with Gasteiger partial charge in [-0.15, -0.1) is 0 Å². The maximum atomic E-state index is 7.55. The van der Waals surface area contributed by atoms with Gasteiger partial charge in [-0.2, -0.15) is 0 Å². The second-order valence-electron chi connectivity index (χ2n) is 3.00. The summed E-state index contributed by atoms with van der Waals surface area (Å²) in [5.41, 5.74) is 2.80. The zero-order valence-electron chi connectivity index (χ0n) is 7.46. The van der Waals surface area contributed by atoms with Crippen molar-refractivity contribution in [1.29, 1.82) is 5.41 Å². The van der Waals surface area contributed by atoms with Crippen molar-refractivity contribution >= 4 is 5.71 Å². The highest BCUT2D eigenvalue weighted by molar-refractivity contribution is 6.09. The molecule has 0 aromatic heterocycles. The zero-order valence-corrected chi connectivity index (χ0v) is 7.46. The summed E-state index contributed by atoms with van der Waals surface area (Å²) < 4.78 is 0. The first kappa shape index (κ1) is 8.72. The molecule has 0 aliphatic heterocycles. The van der Waals surface area contributed by atoms with E-state index in [1.807, 2.05) is 44.2 Å². The molecule has 12 heavy (non-hydrogen) atoms. The van der Waals surface area contributed by atoms with Crippen LogP contribution in [0.15, 0.2) is 47.6 Å². The third kappa shape index (κ3) is 2.35. The molecule has 0 heterocycles. The smallest absolute Gasteiger partial charge is 0.0612 e. The highest BCUT2D eigenvalue weighted by Crippen LogP contribution is 2.07. The van der Waals surface area contributed by atoms with Gasteiger partial charge in [0.1, 0.15) is 0 Å². The van der Waals surface area contributed by atoms with E-state index in [0.29, 0.717) is 5.71 Å². The van der Waals surface area contributed by atoms with E-state index < -0.39 is 0 Å². The molecule has 0 bridgehead atoms. The van der Waals surface area contributed by atoms with E-state index in [9.17, 15) is 0 Å². The molecule has 1 aliphatic rings. The Hall–Kier alpha value is -1.37. The fourth-order valence-corrected chi connectivity index (χ4v) is 0.899. The predicted molar refractivity (Wildman–Crippen MR) is 53.5 cm³/mol. The molecule has 0 spiro atoms. The molecule has 0 radical (unpaired) electrons. The van der Waals surface area contributed by atoms with Crippen LogP contribution in [0.1, 0.15) is 13.8 Å². The van der Waals surface area contributed by atoms with Crippen molar-refractivity contribution in [3.05, 3.63) is 47.6 Å². The molecule has 1 nitrogen and oxygen atoms in total. The highest BCUT2D eigenvalue weighted by atomic mass is 14.4. The lowest BCUT2D eigenvalue weighted by Gasteiger charge is -2.01. The predicted octanol–water partition coefficient (Wildman–Crippen LogP) is 3.02. The first-order valence-corrected chi connectivity index (χ1v) is 3.99. The van der Waals surface area contributed by atoms with Crippen LogP contribution in [0.2, 0.25) is 0 Å². The van der Waals surface area contributed by atoms with Gasteiger partial charge in [0.15, 0.2) is 0 Å². The van der Waals surface area contributed by atoms with Crippen molar-refractivity contribution < 1.29 is 0 Å². The minimum atomic E-state index is 0.579. The van der Waals surface area contributed by atoms with Crippen LogP contribution in [0, 0.1) is 5.41 Å². The normalized spacial score (nSPS) is 18.5. The second-order valence-corrected chi connectivity index (χ2v) is 3.00. The van der Waals surface area contributed by atoms with E-state index >= 15 is 0 Å². The number of nitrogens with one attached hydrogen (secondary N) is 1. The summed E-state index contributed by atoms with van der Waals surface area (Å²) in [5, 5.41) is 7.55. The van der Waals surface area contributed by atoms with Crippen LogP contribution < -0.4 is 0 Å². The quantitative estimate of drug-likeness (QED) is 0.608. The average molecular weight is 159 g/mol. The van der Waals surface area contributed by atoms with Crippen LogP contribution in [0.5, 0.6) is 0 Å². The van der Waals surface area contributed by atoms with Gasteiger partial charge in [0, 0.05) is 0 Å². The Balaban J connectivity index is 2.83. The van der Waals surface area contributed by atoms with Crippen LogP contribution in [-0.4, -0.2) is 5.71 Å². The number of allylic oxidation sites excluding steroid dienone is 8. The van der Waals surface area contributed by atoms with Gasteiger partial charge in [-0.1, -0.05) is 36.0 Å². The van der Waals surface area contributed by atoms with E-state index in [4.69, 9.17) is 5.41 Å². The van der Waals surface area contributed by atoms with Gasteiger partial charge in [-0.05, 0) is 25.5 Å². The Morgan fingerprint density at radius 2 is 1.92 bits per heavy atom. The Morgan fingerprint density at radius 3 is 2.50 bits per heavy atom. The Kier molecular flexibility index (Phi) is 2.81. The van der Waals surface area contributed by atoms with E-state index in [-0.39, 0.29) is 0 Å². The first-order chi connectivity index (χ1) is 5.70. The van der Waals surface area contributed by atoms with Gasteiger partial charge >= 0.3 is 0 Å². The van der Waals surface area contributed by atoms with Gasteiger partial charge in [0.2, 0.25) is 0 Å². The van der Waals surface area contributed by atoms with Gasteiger partial charge in [0.25, 0.3) is 0 Å². The summed E-state index contributed by atoms with van der Waals surface area (Å²) >= 11 is 0. The molecule has 0 atom stereocenters. The first-order valence-electron chi connectivity index (χ1n) is 3.99. The van der Waals surface area contributed by atoms with Crippen molar-refractivity contribution in [3.8, 4) is 0 Å². The molecule has 0 fully saturated rings. The second kappa shape index (κ2) is 3.86. The zero-order chi connectivity index (χ0) is 8.97. The van der Waals surface area contributed by atoms with Gasteiger partial charge in [0.05, 0.1) is 5.71 Å². The Labute approximate surface area is 73.3 Å². The van der Waals surface area contributed by atoms with Crippen molar-refractivity contribution in [2.75, 3.05) is 0 Å². The van der Waals surface area contributed by atoms with Gasteiger partial charge in [-0.25, -0.2) is 0 Å². The maximum absolute atomic E-state index is 7.55. The van der Waals surface area contributed by atoms with E-state index in [0.717, 1.165) is 5.57 Å². The molecule has 0 amide bonds. The van der Waals surface area contributed by atoms with Crippen LogP contribution in [0.3, 0.4) is 0 Å². The molecule has 0 unspecified atom stereocenters. The van der Waals surface area contributed by atoms with E-state index in [1.54, 1.807) is 6.08 Å². The average Bonchev–Trinajstić information content (AvgIpc) is 2.03. The standard InChI is InChI=1S/C11H13N/c1-9(2)7-8-10-5-3-4-6-11(10)12/h3-8,12H,1-2H3/b10-8-,12-11?. The van der Waals surface area contributed by atoms with Crippen molar-refractivity contribution in [2.24, 2.45) is 0 Å². The largest absolute Gasteiger partial charge is 0.300 e. The molecule has 0 aromatic rings. The molecule has 0 saturated carbocycles. The van der Waals surface area contributed by atoms with Gasteiger partial charge in [-0.3, -0.25) is 0 Å². The van der Waals surface area contributed by atoms with E-state index in [1.165, 1.54) is 5.57 Å². The molecular weight excluding hydrogens is 146 g/mol. The minimum absolute atomic E-state index is 0.579. The van der Waals surface area contributed by atoms with Crippen molar-refractivity contribution in [1.82, 2.24) is 0 Å². The third-order valence-corrected chi connectivity index (χ3v) is 1.56. The fourth-order valence-electron chi connectivity index (χ4n) is 0.899. The molecule has 62 valence electrons. The summed E-state index contributed by atoms with van der Waals surface area (Å²) in [6, 6.07) is 0. The summed E-state index contributed by atoms with van der Waals surface area (Å²) in [7, 11) is 0. The molecule has 0 aromatic carbocycles. The molecule has 1 rings (SSSR count). The monoisotopic (exact) mass is 159 g/mol.